The molecule has 1 aromatic heterocycles. The van der Waals surface area contributed by atoms with Gasteiger partial charge in [-0.2, -0.15) is 0 Å². The second kappa shape index (κ2) is 8.35. The molecule has 0 saturated heterocycles. The summed E-state index contributed by atoms with van der Waals surface area (Å²) in [5.74, 6) is -1.39. The molecule has 4 N–H and O–H groups in total. The third-order valence-electron chi connectivity index (χ3n) is 6.79. The van der Waals surface area contributed by atoms with Crippen molar-refractivity contribution in [3.63, 3.8) is 0 Å². The third-order valence-corrected chi connectivity index (χ3v) is 6.79. The summed E-state index contributed by atoms with van der Waals surface area (Å²) in [5.41, 5.74) is 8.69. The first kappa shape index (κ1) is 22.5. The molecule has 4 rings (SSSR count). The van der Waals surface area contributed by atoms with Crippen LogP contribution in [-0.2, 0) is 12.8 Å². The number of hydrogen-bond donors (Lipinski definition) is 3. The van der Waals surface area contributed by atoms with E-state index in [1.807, 2.05) is 17.7 Å². The minimum atomic E-state index is -0.826. The summed E-state index contributed by atoms with van der Waals surface area (Å²) in [5, 5.41) is 13.1. The number of hydrogen-bond acceptors (Lipinski definition) is 4. The highest BCUT2D eigenvalue weighted by molar-refractivity contribution is 6.01. The lowest BCUT2D eigenvalue weighted by molar-refractivity contribution is 0.0909. The first-order valence-corrected chi connectivity index (χ1v) is 11.4. The number of amides is 1. The van der Waals surface area contributed by atoms with Crippen LogP contribution in [0.15, 0.2) is 18.3 Å². The normalized spacial score (nSPS) is 22.5. The summed E-state index contributed by atoms with van der Waals surface area (Å²) >= 11 is 0. The van der Waals surface area contributed by atoms with E-state index in [1.54, 1.807) is 6.07 Å². The van der Waals surface area contributed by atoms with E-state index in [1.165, 1.54) is 6.07 Å². The molecule has 32 heavy (non-hydrogen) atoms. The van der Waals surface area contributed by atoms with Gasteiger partial charge in [-0.1, -0.05) is 20.8 Å². The summed E-state index contributed by atoms with van der Waals surface area (Å²) in [6.45, 7) is 6.14. The second-order valence-electron chi connectivity index (χ2n) is 10.0. The number of aromatic nitrogens is 1. The summed E-state index contributed by atoms with van der Waals surface area (Å²) in [6.07, 6.45) is 6.29. The number of nitrogens with two attached hydrogens (primary N) is 1. The minimum absolute atomic E-state index is 0.0245. The van der Waals surface area contributed by atoms with E-state index < -0.39 is 11.7 Å². The van der Waals surface area contributed by atoms with E-state index in [0.29, 0.717) is 43.5 Å². The van der Waals surface area contributed by atoms with Crippen molar-refractivity contribution < 1.29 is 19.1 Å². The first-order valence-electron chi connectivity index (χ1n) is 11.4. The number of carbonyl (C=O) groups excluding carboxylic acids is 2. The van der Waals surface area contributed by atoms with Crippen LogP contribution in [0.2, 0.25) is 0 Å². The lowest BCUT2D eigenvalue weighted by Gasteiger charge is -2.30. The van der Waals surface area contributed by atoms with Crippen molar-refractivity contribution in [2.75, 3.05) is 5.32 Å². The van der Waals surface area contributed by atoms with Crippen molar-refractivity contribution in [1.82, 2.24) is 4.57 Å². The fraction of sp³-hybridized carbons (Fsp3) is 0.520. The van der Waals surface area contributed by atoms with Gasteiger partial charge in [0.05, 0.1) is 23.0 Å². The highest BCUT2D eigenvalue weighted by atomic mass is 19.1. The van der Waals surface area contributed by atoms with E-state index in [4.69, 9.17) is 5.73 Å². The van der Waals surface area contributed by atoms with Crippen LogP contribution in [0, 0.1) is 11.2 Å². The maximum absolute atomic E-state index is 15.2. The fourth-order valence-corrected chi connectivity index (χ4v) is 5.19. The van der Waals surface area contributed by atoms with Gasteiger partial charge in [0.2, 0.25) is 0 Å². The number of nitrogens with one attached hydrogen (secondary N) is 1. The fourth-order valence-electron chi connectivity index (χ4n) is 5.19. The lowest BCUT2D eigenvalue weighted by Crippen LogP contribution is -2.30. The number of nitrogens with zero attached hydrogens (tertiary/aromatic N) is 1. The van der Waals surface area contributed by atoms with Crippen molar-refractivity contribution in [2.24, 2.45) is 11.1 Å². The number of primary amides is 1. The van der Waals surface area contributed by atoms with Gasteiger partial charge >= 0.3 is 0 Å². The Kier molecular flexibility index (Phi) is 5.88. The van der Waals surface area contributed by atoms with Crippen LogP contribution in [0.25, 0.3) is 5.69 Å². The van der Waals surface area contributed by atoms with Crippen molar-refractivity contribution in [3.05, 3.63) is 46.5 Å². The Morgan fingerprint density at radius 3 is 2.56 bits per heavy atom. The van der Waals surface area contributed by atoms with Crippen LogP contribution in [-0.4, -0.2) is 33.5 Å². The number of carbonyl (C=O) groups is 2. The molecule has 2 aliphatic rings. The van der Waals surface area contributed by atoms with Gasteiger partial charge in [-0.3, -0.25) is 9.59 Å². The van der Waals surface area contributed by atoms with E-state index >= 15 is 4.39 Å². The Labute approximate surface area is 188 Å². The number of benzene rings is 1. The molecule has 0 unspecified atom stereocenters. The summed E-state index contributed by atoms with van der Waals surface area (Å²) in [7, 11) is 0. The topological polar surface area (TPSA) is 97.3 Å². The number of aryl methyl sites for hydroxylation is 1. The smallest absolute Gasteiger partial charge is 0.253 e. The van der Waals surface area contributed by atoms with Gasteiger partial charge in [0.15, 0.2) is 5.78 Å². The molecule has 1 saturated carbocycles. The standard InChI is InChI=1S/C25H32FN3O3/c1-4-14-13-29(20-11-25(2,3)12-21(31)22(14)20)16-9-18(26)23(24(27)32)19(10-16)28-15-5-7-17(30)8-6-15/h9-10,13,15,17,28,30H,4-8,11-12H2,1-3H3,(H2,27,32)/t15-,17-. The van der Waals surface area contributed by atoms with Gasteiger partial charge in [0.1, 0.15) is 5.82 Å². The molecule has 0 aliphatic heterocycles. The molecule has 2 aliphatic carbocycles. The number of ketones is 1. The van der Waals surface area contributed by atoms with Crippen molar-refractivity contribution in [1.29, 1.82) is 0 Å². The molecule has 7 heteroatoms. The van der Waals surface area contributed by atoms with E-state index in [9.17, 15) is 14.7 Å². The molecule has 1 heterocycles. The summed E-state index contributed by atoms with van der Waals surface area (Å²) in [6, 6.07) is 3.10. The van der Waals surface area contributed by atoms with Gasteiger partial charge < -0.3 is 20.7 Å². The molecule has 0 atom stereocenters. The van der Waals surface area contributed by atoms with Crippen LogP contribution in [0.5, 0.6) is 0 Å². The number of halogens is 1. The van der Waals surface area contributed by atoms with Gasteiger partial charge in [0.25, 0.3) is 5.91 Å². The number of aliphatic hydroxyl groups excluding tert-OH is 1. The highest BCUT2D eigenvalue weighted by Crippen LogP contribution is 2.39. The zero-order valence-corrected chi connectivity index (χ0v) is 19.0. The number of anilines is 1. The molecule has 2 aromatic rings. The highest BCUT2D eigenvalue weighted by Gasteiger charge is 2.35. The summed E-state index contributed by atoms with van der Waals surface area (Å²) < 4.78 is 17.1. The number of aliphatic hydroxyl groups is 1. The predicted molar refractivity (Wildman–Crippen MR) is 122 cm³/mol. The molecule has 1 fully saturated rings. The molecular formula is C25H32FN3O3. The van der Waals surface area contributed by atoms with Crippen molar-refractivity contribution in [3.8, 4) is 5.69 Å². The Morgan fingerprint density at radius 2 is 1.94 bits per heavy atom. The van der Waals surface area contributed by atoms with Gasteiger partial charge in [-0.05, 0) is 61.6 Å². The molecule has 0 radical (unpaired) electrons. The number of rotatable bonds is 5. The maximum Gasteiger partial charge on any atom is 0.253 e. The molecule has 0 spiro atoms. The van der Waals surface area contributed by atoms with Crippen molar-refractivity contribution >= 4 is 17.4 Å². The SMILES string of the molecule is CCc1cn(-c2cc(F)c(C(N)=O)c(N[C@H]3CC[C@H](O)CC3)c2)c2c1C(=O)CC(C)(C)C2. The zero-order chi connectivity index (χ0) is 23.2. The zero-order valence-electron chi connectivity index (χ0n) is 19.0. The van der Waals surface area contributed by atoms with Crippen LogP contribution in [0.1, 0.15) is 84.8 Å². The summed E-state index contributed by atoms with van der Waals surface area (Å²) in [4.78, 5) is 25.0. The Balaban J connectivity index is 1.81. The Bertz CT molecular complexity index is 1060. The van der Waals surface area contributed by atoms with Crippen LogP contribution in [0.3, 0.4) is 0 Å². The third kappa shape index (κ3) is 4.18. The Morgan fingerprint density at radius 1 is 1.25 bits per heavy atom. The molecule has 6 nitrogen and oxygen atoms in total. The largest absolute Gasteiger partial charge is 0.393 e. The minimum Gasteiger partial charge on any atom is -0.393 e. The van der Waals surface area contributed by atoms with Crippen LogP contribution >= 0.6 is 0 Å². The molecule has 1 amide bonds. The maximum atomic E-state index is 15.2. The van der Waals surface area contributed by atoms with Crippen molar-refractivity contribution in [2.45, 2.75) is 77.9 Å². The predicted octanol–water partition coefficient (Wildman–Crippen LogP) is 4.15. The van der Waals surface area contributed by atoms with Crippen LogP contribution in [0.4, 0.5) is 10.1 Å². The number of fused-ring (bicyclic) bond motifs is 1. The monoisotopic (exact) mass is 441 g/mol. The van der Waals surface area contributed by atoms with E-state index in [2.05, 4.69) is 19.2 Å². The van der Waals surface area contributed by atoms with Gasteiger partial charge in [-0.25, -0.2) is 4.39 Å². The van der Waals surface area contributed by atoms with Gasteiger partial charge in [0, 0.05) is 29.9 Å². The molecule has 0 bridgehead atoms. The molecular weight excluding hydrogens is 409 g/mol. The molecule has 172 valence electrons. The van der Waals surface area contributed by atoms with Gasteiger partial charge in [-0.15, -0.1) is 0 Å². The second-order valence-corrected chi connectivity index (χ2v) is 10.0. The first-order chi connectivity index (χ1) is 15.1. The lowest BCUT2D eigenvalue weighted by atomic mass is 9.75. The van der Waals surface area contributed by atoms with Crippen LogP contribution < -0.4 is 11.1 Å². The quantitative estimate of drug-likeness (QED) is 0.649. The van der Waals surface area contributed by atoms with E-state index in [-0.39, 0.29) is 28.9 Å². The average molecular weight is 442 g/mol. The average Bonchev–Trinajstić information content (AvgIpc) is 3.06. The van der Waals surface area contributed by atoms with E-state index in [0.717, 1.165) is 29.7 Å². The molecule has 1 aromatic carbocycles. The number of Topliss-reactive ketones (excluding diaryl/α,β-unsaturated/α-hetero) is 1. The Hall–Kier alpha value is -2.67.